The molecule has 7 nitrogen and oxygen atoms in total. The number of methoxy groups -OCH3 is 1. The molecule has 1 aliphatic heterocycles. The van der Waals surface area contributed by atoms with Crippen LogP contribution < -0.4 is 10.6 Å². The van der Waals surface area contributed by atoms with Gasteiger partial charge < -0.3 is 20.5 Å². The number of hydrogen-bond donors (Lipinski definition) is 3. The maximum absolute atomic E-state index is 13.0. The molecule has 32 heavy (non-hydrogen) atoms. The van der Waals surface area contributed by atoms with Gasteiger partial charge in [-0.1, -0.05) is 48.5 Å². The van der Waals surface area contributed by atoms with Crippen molar-refractivity contribution in [1.29, 1.82) is 0 Å². The summed E-state index contributed by atoms with van der Waals surface area (Å²) >= 11 is 0. The fourth-order valence-corrected chi connectivity index (χ4v) is 3.57. The van der Waals surface area contributed by atoms with Gasteiger partial charge in [0.1, 0.15) is 0 Å². The Hall–Kier alpha value is -4.39. The van der Waals surface area contributed by atoms with Crippen molar-refractivity contribution in [2.45, 2.75) is 6.42 Å². The fourth-order valence-electron chi connectivity index (χ4n) is 3.57. The Morgan fingerprint density at radius 2 is 1.69 bits per heavy atom. The standard InChI is InChI=1S/C25H20N2O5/c1-32-25(31)17-9-12-19-20(14-17)27-24(30)22(19)23(16-5-3-2-4-6-16)26-18-10-7-15(8-11-18)13-21(28)29/h2-12,14,26H,13H2,1H3,(H,27,30)(H,28,29)/b23-22-. The van der Waals surface area contributed by atoms with Gasteiger partial charge in [-0.3, -0.25) is 9.59 Å². The molecule has 0 radical (unpaired) electrons. The first kappa shape index (κ1) is 20.9. The molecule has 3 aromatic rings. The highest BCUT2D eigenvalue weighted by Crippen LogP contribution is 2.38. The van der Waals surface area contributed by atoms with Gasteiger partial charge >= 0.3 is 11.9 Å². The molecular formula is C25H20N2O5. The molecule has 0 unspecified atom stereocenters. The number of rotatable bonds is 6. The van der Waals surface area contributed by atoms with Crippen molar-refractivity contribution in [3.63, 3.8) is 0 Å². The highest BCUT2D eigenvalue weighted by molar-refractivity contribution is 6.37. The van der Waals surface area contributed by atoms with Gasteiger partial charge in [0.15, 0.2) is 0 Å². The number of hydrogen-bond acceptors (Lipinski definition) is 5. The number of nitrogens with one attached hydrogen (secondary N) is 2. The molecule has 0 atom stereocenters. The van der Waals surface area contributed by atoms with E-state index in [-0.39, 0.29) is 12.3 Å². The third kappa shape index (κ3) is 4.22. The first-order valence-corrected chi connectivity index (χ1v) is 9.88. The van der Waals surface area contributed by atoms with E-state index < -0.39 is 11.9 Å². The van der Waals surface area contributed by atoms with E-state index in [2.05, 4.69) is 10.6 Å². The number of carbonyl (C=O) groups is 3. The number of benzene rings is 3. The van der Waals surface area contributed by atoms with Crippen LogP contribution in [0.25, 0.3) is 11.3 Å². The molecular weight excluding hydrogens is 408 g/mol. The van der Waals surface area contributed by atoms with E-state index in [1.807, 2.05) is 30.3 Å². The lowest BCUT2D eigenvalue weighted by Crippen LogP contribution is -2.10. The minimum absolute atomic E-state index is 0.0643. The third-order valence-electron chi connectivity index (χ3n) is 5.08. The van der Waals surface area contributed by atoms with Crippen LogP contribution in [0.15, 0.2) is 72.8 Å². The van der Waals surface area contributed by atoms with E-state index in [0.717, 1.165) is 5.56 Å². The summed E-state index contributed by atoms with van der Waals surface area (Å²) in [6.45, 7) is 0. The topological polar surface area (TPSA) is 105 Å². The second kappa shape index (κ2) is 8.77. The van der Waals surface area contributed by atoms with Crippen LogP contribution in [-0.2, 0) is 20.7 Å². The molecule has 0 saturated carbocycles. The van der Waals surface area contributed by atoms with Crippen molar-refractivity contribution in [3.8, 4) is 0 Å². The lowest BCUT2D eigenvalue weighted by Gasteiger charge is -2.15. The van der Waals surface area contributed by atoms with Gasteiger partial charge in [-0.05, 0) is 35.4 Å². The molecule has 160 valence electrons. The van der Waals surface area contributed by atoms with Crippen molar-refractivity contribution in [2.75, 3.05) is 17.7 Å². The summed E-state index contributed by atoms with van der Waals surface area (Å²) in [5.74, 6) is -1.68. The number of esters is 1. The van der Waals surface area contributed by atoms with Gasteiger partial charge in [0.25, 0.3) is 5.91 Å². The van der Waals surface area contributed by atoms with E-state index in [1.54, 1.807) is 42.5 Å². The number of amides is 1. The Morgan fingerprint density at radius 1 is 0.969 bits per heavy atom. The molecule has 0 aromatic heterocycles. The minimum Gasteiger partial charge on any atom is -0.481 e. The van der Waals surface area contributed by atoms with Crippen LogP contribution in [0.3, 0.4) is 0 Å². The molecule has 1 amide bonds. The van der Waals surface area contributed by atoms with Crippen LogP contribution in [0.5, 0.6) is 0 Å². The van der Waals surface area contributed by atoms with Crippen LogP contribution in [0.4, 0.5) is 11.4 Å². The number of carboxylic acid groups (broad SMARTS) is 1. The second-order valence-corrected chi connectivity index (χ2v) is 7.21. The molecule has 0 aliphatic carbocycles. The van der Waals surface area contributed by atoms with Crippen molar-refractivity contribution in [2.24, 2.45) is 0 Å². The molecule has 0 bridgehead atoms. The predicted molar refractivity (Wildman–Crippen MR) is 121 cm³/mol. The summed E-state index contributed by atoms with van der Waals surface area (Å²) in [6.07, 6.45) is -0.0643. The van der Waals surface area contributed by atoms with Gasteiger partial charge in [0.05, 0.1) is 36.1 Å². The zero-order valence-corrected chi connectivity index (χ0v) is 17.2. The predicted octanol–water partition coefficient (Wildman–Crippen LogP) is 4.03. The van der Waals surface area contributed by atoms with Gasteiger partial charge in [0, 0.05) is 11.3 Å². The first-order valence-electron chi connectivity index (χ1n) is 9.88. The summed E-state index contributed by atoms with van der Waals surface area (Å²) in [5.41, 5.74) is 4.76. The van der Waals surface area contributed by atoms with E-state index in [1.165, 1.54) is 7.11 Å². The summed E-state index contributed by atoms with van der Waals surface area (Å²) in [5, 5.41) is 15.1. The number of carbonyl (C=O) groups excluding carboxylic acids is 2. The monoisotopic (exact) mass is 428 g/mol. The Labute approximate surface area is 184 Å². The van der Waals surface area contributed by atoms with Gasteiger partial charge in [-0.25, -0.2) is 4.79 Å². The largest absolute Gasteiger partial charge is 0.481 e. The maximum Gasteiger partial charge on any atom is 0.337 e. The number of fused-ring (bicyclic) bond motifs is 1. The van der Waals surface area contributed by atoms with Crippen LogP contribution in [0, 0.1) is 0 Å². The zero-order valence-electron chi connectivity index (χ0n) is 17.2. The Kier molecular flexibility index (Phi) is 5.72. The molecule has 3 aromatic carbocycles. The molecule has 0 saturated heterocycles. The molecule has 1 aliphatic rings. The normalized spacial score (nSPS) is 13.7. The second-order valence-electron chi connectivity index (χ2n) is 7.21. The minimum atomic E-state index is -0.900. The number of aliphatic carboxylic acids is 1. The van der Waals surface area contributed by atoms with Crippen LogP contribution in [-0.4, -0.2) is 30.1 Å². The summed E-state index contributed by atoms with van der Waals surface area (Å²) in [6, 6.07) is 21.4. The third-order valence-corrected chi connectivity index (χ3v) is 5.08. The molecule has 7 heteroatoms. The summed E-state index contributed by atoms with van der Waals surface area (Å²) < 4.78 is 4.77. The molecule has 0 fully saturated rings. The molecule has 1 heterocycles. The molecule has 0 spiro atoms. The summed E-state index contributed by atoms with van der Waals surface area (Å²) in [7, 11) is 1.30. The van der Waals surface area contributed by atoms with Gasteiger partial charge in [-0.15, -0.1) is 0 Å². The lowest BCUT2D eigenvalue weighted by atomic mass is 9.99. The Bertz CT molecular complexity index is 1230. The SMILES string of the molecule is COC(=O)c1ccc2c(c1)NC(=O)/C2=C(\Nc1ccc(CC(=O)O)cc1)c1ccccc1. The summed E-state index contributed by atoms with van der Waals surface area (Å²) in [4.78, 5) is 35.8. The zero-order chi connectivity index (χ0) is 22.7. The lowest BCUT2D eigenvalue weighted by molar-refractivity contribution is -0.136. The van der Waals surface area contributed by atoms with E-state index in [0.29, 0.717) is 39.3 Å². The highest BCUT2D eigenvalue weighted by Gasteiger charge is 2.29. The molecule has 4 rings (SSSR count). The van der Waals surface area contributed by atoms with E-state index in [4.69, 9.17) is 9.84 Å². The van der Waals surface area contributed by atoms with Crippen molar-refractivity contribution < 1.29 is 24.2 Å². The Morgan fingerprint density at radius 3 is 2.34 bits per heavy atom. The Balaban J connectivity index is 1.79. The van der Waals surface area contributed by atoms with Gasteiger partial charge in [-0.2, -0.15) is 0 Å². The number of carboxylic acids is 1. The van der Waals surface area contributed by atoms with Crippen molar-refractivity contribution in [3.05, 3.63) is 95.1 Å². The van der Waals surface area contributed by atoms with Crippen LogP contribution >= 0.6 is 0 Å². The van der Waals surface area contributed by atoms with Crippen molar-refractivity contribution >= 4 is 40.5 Å². The molecule has 3 N–H and O–H groups in total. The van der Waals surface area contributed by atoms with Crippen LogP contribution in [0.1, 0.15) is 27.0 Å². The average molecular weight is 428 g/mol. The van der Waals surface area contributed by atoms with Crippen LogP contribution in [0.2, 0.25) is 0 Å². The number of anilines is 2. The smallest absolute Gasteiger partial charge is 0.337 e. The first-order chi connectivity index (χ1) is 15.5. The fraction of sp³-hybridized carbons (Fsp3) is 0.0800. The van der Waals surface area contributed by atoms with Crippen molar-refractivity contribution in [1.82, 2.24) is 0 Å². The quantitative estimate of drug-likeness (QED) is 0.404. The van der Waals surface area contributed by atoms with E-state index >= 15 is 0 Å². The van der Waals surface area contributed by atoms with Gasteiger partial charge in [0.2, 0.25) is 0 Å². The maximum atomic E-state index is 13.0. The highest BCUT2D eigenvalue weighted by atomic mass is 16.5. The number of ether oxygens (including phenoxy) is 1. The average Bonchev–Trinajstić information content (AvgIpc) is 3.13. The van der Waals surface area contributed by atoms with E-state index in [9.17, 15) is 14.4 Å².